The molecular weight excluding hydrogens is 264 g/mol. The molecule has 1 aromatic carbocycles. The molecule has 0 N–H and O–H groups in total. The third kappa shape index (κ3) is 5.33. The van der Waals surface area contributed by atoms with Crippen molar-refractivity contribution < 1.29 is 9.53 Å². The van der Waals surface area contributed by atoms with Crippen molar-refractivity contribution in [2.24, 2.45) is 0 Å². The first-order chi connectivity index (χ1) is 9.72. The highest BCUT2D eigenvalue weighted by atomic mass is 28.2. The summed E-state index contributed by atoms with van der Waals surface area (Å²) in [6.07, 6.45) is 5.89. The maximum Gasteiger partial charge on any atom is 0.141 e. The Morgan fingerprint density at radius 3 is 2.75 bits per heavy atom. The monoisotopic (exact) mass is 290 g/mol. The fraction of sp³-hybridized carbons (Fsp3) is 0.471. The van der Waals surface area contributed by atoms with Crippen LogP contribution in [0.3, 0.4) is 0 Å². The van der Waals surface area contributed by atoms with Gasteiger partial charge < -0.3 is 9.53 Å². The number of rotatable bonds is 10. The molecule has 0 spiro atoms. The summed E-state index contributed by atoms with van der Waals surface area (Å²) in [4.78, 5) is 12.1. The van der Waals surface area contributed by atoms with Crippen LogP contribution in [0.1, 0.15) is 56.3 Å². The highest BCUT2D eigenvalue weighted by molar-refractivity contribution is 6.81. The Labute approximate surface area is 125 Å². The largest absolute Gasteiger partial charge is 0.490 e. The Morgan fingerprint density at radius 2 is 2.10 bits per heavy atom. The molecule has 0 fully saturated rings. The van der Waals surface area contributed by atoms with Gasteiger partial charge in [-0.1, -0.05) is 44.5 Å². The smallest absolute Gasteiger partial charge is 0.141 e. The molecule has 0 saturated heterocycles. The van der Waals surface area contributed by atoms with Crippen LogP contribution in [0.4, 0.5) is 0 Å². The second-order valence-corrected chi connectivity index (χ2v) is 6.68. The van der Waals surface area contributed by atoms with Gasteiger partial charge in [-0.3, -0.25) is 0 Å². The van der Waals surface area contributed by atoms with Crippen LogP contribution in [0.15, 0.2) is 36.5 Å². The summed E-state index contributed by atoms with van der Waals surface area (Å²) in [5.74, 6) is 0.746. The number of unbranched alkanes of at least 4 members (excludes halogenated alkanes) is 2. The van der Waals surface area contributed by atoms with E-state index < -0.39 is 9.52 Å². The second kappa shape index (κ2) is 9.53. The molecule has 0 aliphatic carbocycles. The number of hydrogen-bond acceptors (Lipinski definition) is 2. The molecule has 0 bridgehead atoms. The topological polar surface area (TPSA) is 26.3 Å². The molecule has 2 nitrogen and oxygen atoms in total. The fourth-order valence-corrected chi connectivity index (χ4v) is 2.96. The number of benzene rings is 1. The maximum absolute atomic E-state index is 12.1. The summed E-state index contributed by atoms with van der Waals surface area (Å²) in [6, 6.07) is 7.61. The average molecular weight is 290 g/mol. The van der Waals surface area contributed by atoms with E-state index >= 15 is 0 Å². The van der Waals surface area contributed by atoms with Crippen molar-refractivity contribution in [3.05, 3.63) is 42.1 Å². The first-order valence-electron chi connectivity index (χ1n) is 7.62. The molecule has 20 heavy (non-hydrogen) atoms. The molecule has 0 amide bonds. The van der Waals surface area contributed by atoms with Crippen molar-refractivity contribution in [2.45, 2.75) is 52.1 Å². The Balaban J connectivity index is 2.74. The summed E-state index contributed by atoms with van der Waals surface area (Å²) in [5.41, 5.74) is 2.51. The van der Waals surface area contributed by atoms with Crippen LogP contribution < -0.4 is 4.74 Å². The molecule has 1 atom stereocenters. The average Bonchev–Trinajstić information content (AvgIpc) is 2.47. The quantitative estimate of drug-likeness (QED) is 0.483. The van der Waals surface area contributed by atoms with Crippen molar-refractivity contribution in [2.75, 3.05) is 0 Å². The zero-order chi connectivity index (χ0) is 14.8. The van der Waals surface area contributed by atoms with Crippen LogP contribution in [0.5, 0.6) is 5.75 Å². The van der Waals surface area contributed by atoms with Gasteiger partial charge in [0.1, 0.15) is 20.7 Å². The number of ether oxygens (including phenoxy) is 1. The van der Waals surface area contributed by atoms with Crippen LogP contribution in [0, 0.1) is 0 Å². The van der Waals surface area contributed by atoms with E-state index in [9.17, 15) is 4.79 Å². The minimum Gasteiger partial charge on any atom is -0.490 e. The normalized spacial score (nSPS) is 12.5. The first kappa shape index (κ1) is 16.7. The molecule has 1 rings (SSSR count). The summed E-state index contributed by atoms with van der Waals surface area (Å²) >= 11 is 0. The second-order valence-electron chi connectivity index (χ2n) is 5.06. The lowest BCUT2D eigenvalue weighted by Gasteiger charge is -2.19. The minimum absolute atomic E-state index is 0.207. The number of para-hydroxylation sites is 1. The van der Waals surface area contributed by atoms with Crippen LogP contribution in [-0.2, 0) is 0 Å². The van der Waals surface area contributed by atoms with E-state index in [-0.39, 0.29) is 11.5 Å². The molecule has 0 aromatic heterocycles. The van der Waals surface area contributed by atoms with Crippen molar-refractivity contribution in [1.82, 2.24) is 0 Å². The van der Waals surface area contributed by atoms with Crippen LogP contribution >= 0.6 is 0 Å². The number of hydrogen-bond donors (Lipinski definition) is 0. The van der Waals surface area contributed by atoms with Crippen molar-refractivity contribution >= 4 is 14.9 Å². The Kier molecular flexibility index (Phi) is 7.96. The van der Waals surface area contributed by atoms with Crippen molar-refractivity contribution in [1.29, 1.82) is 0 Å². The van der Waals surface area contributed by atoms with Crippen LogP contribution in [0.2, 0.25) is 0 Å². The SMILES string of the molecule is C=C[SiH2]C(=O)c1ccccc1OC(CC)CCCCC. The lowest BCUT2D eigenvalue weighted by molar-refractivity contribution is 0.106. The predicted molar refractivity (Wildman–Crippen MR) is 88.4 cm³/mol. The van der Waals surface area contributed by atoms with E-state index in [1.165, 1.54) is 19.3 Å². The molecule has 1 aromatic rings. The summed E-state index contributed by atoms with van der Waals surface area (Å²) < 4.78 is 6.08. The summed E-state index contributed by atoms with van der Waals surface area (Å²) in [6.45, 7) is 8.03. The highest BCUT2D eigenvalue weighted by Crippen LogP contribution is 2.22. The summed E-state index contributed by atoms with van der Waals surface area (Å²) in [5, 5.41) is 0.207. The number of carbonyl (C=O) groups is 1. The Hall–Kier alpha value is -1.35. The third-order valence-electron chi connectivity index (χ3n) is 3.40. The van der Waals surface area contributed by atoms with E-state index in [1.807, 2.05) is 24.3 Å². The van der Waals surface area contributed by atoms with E-state index in [0.717, 1.165) is 24.2 Å². The maximum atomic E-state index is 12.1. The van der Waals surface area contributed by atoms with Gasteiger partial charge in [0.2, 0.25) is 0 Å². The standard InChI is InChI=1S/C17H26O2Si/c1-4-7-8-11-14(5-2)19-16-13-10-9-12-15(16)17(18)20-6-3/h6,9-10,12-14H,3-5,7-8,11,20H2,1-2H3. The highest BCUT2D eigenvalue weighted by Gasteiger charge is 2.14. The van der Waals surface area contributed by atoms with Gasteiger partial charge in [0, 0.05) is 0 Å². The van der Waals surface area contributed by atoms with Crippen molar-refractivity contribution in [3.63, 3.8) is 0 Å². The van der Waals surface area contributed by atoms with Gasteiger partial charge in [-0.25, -0.2) is 0 Å². The molecule has 3 heteroatoms. The van der Waals surface area contributed by atoms with E-state index in [0.29, 0.717) is 0 Å². The predicted octanol–water partition coefficient (Wildman–Crippen LogP) is 3.88. The molecular formula is C17H26O2Si. The first-order valence-corrected chi connectivity index (χ1v) is 9.15. The number of carbonyl (C=O) groups excluding carboxylic acids is 1. The molecule has 0 radical (unpaired) electrons. The molecule has 0 heterocycles. The lowest BCUT2D eigenvalue weighted by Crippen LogP contribution is -2.18. The summed E-state index contributed by atoms with van der Waals surface area (Å²) in [7, 11) is -0.888. The van der Waals surface area contributed by atoms with Gasteiger partial charge in [0.05, 0.1) is 11.7 Å². The van der Waals surface area contributed by atoms with Gasteiger partial charge in [0.25, 0.3) is 0 Å². The van der Waals surface area contributed by atoms with E-state index in [1.54, 1.807) is 5.70 Å². The molecule has 110 valence electrons. The fourth-order valence-electron chi connectivity index (χ4n) is 2.19. The van der Waals surface area contributed by atoms with Gasteiger partial charge >= 0.3 is 0 Å². The zero-order valence-electron chi connectivity index (χ0n) is 12.7. The lowest BCUT2D eigenvalue weighted by atomic mass is 10.1. The van der Waals surface area contributed by atoms with Gasteiger partial charge in [-0.05, 0) is 31.4 Å². The van der Waals surface area contributed by atoms with Crippen LogP contribution in [-0.4, -0.2) is 21.0 Å². The van der Waals surface area contributed by atoms with Gasteiger partial charge in [0.15, 0.2) is 0 Å². The van der Waals surface area contributed by atoms with Crippen LogP contribution in [0.25, 0.3) is 0 Å². The minimum atomic E-state index is -0.888. The van der Waals surface area contributed by atoms with Gasteiger partial charge in [-0.2, -0.15) is 0 Å². The van der Waals surface area contributed by atoms with Gasteiger partial charge in [-0.15, -0.1) is 6.58 Å². The zero-order valence-corrected chi connectivity index (χ0v) is 14.1. The third-order valence-corrected chi connectivity index (χ3v) is 4.44. The Bertz CT molecular complexity index is 429. The molecule has 0 aliphatic heterocycles. The van der Waals surface area contributed by atoms with E-state index in [4.69, 9.17) is 4.74 Å². The molecule has 0 aliphatic rings. The Morgan fingerprint density at radius 1 is 1.35 bits per heavy atom. The van der Waals surface area contributed by atoms with Crippen molar-refractivity contribution in [3.8, 4) is 5.75 Å². The molecule has 0 saturated carbocycles. The molecule has 1 unspecified atom stereocenters. The van der Waals surface area contributed by atoms with E-state index in [2.05, 4.69) is 20.4 Å².